The molecule has 0 spiro atoms. The topological polar surface area (TPSA) is 86.8 Å². The Hall–Kier alpha value is -4.07. The molecule has 3 amide bonds. The molecule has 0 saturated carbocycles. The number of urea groups is 1. The number of hydrogen-bond donors (Lipinski definition) is 2. The Labute approximate surface area is 199 Å². The molecule has 8 heteroatoms. The highest BCUT2D eigenvalue weighted by molar-refractivity contribution is 6.04. The van der Waals surface area contributed by atoms with Gasteiger partial charge in [0, 0.05) is 38.3 Å². The van der Waals surface area contributed by atoms with Gasteiger partial charge in [0.15, 0.2) is 0 Å². The van der Waals surface area contributed by atoms with E-state index in [0.29, 0.717) is 44.0 Å². The molecular formula is C26H29N5O3. The van der Waals surface area contributed by atoms with Gasteiger partial charge in [-0.05, 0) is 48.9 Å². The van der Waals surface area contributed by atoms with Crippen molar-refractivity contribution in [1.82, 2.24) is 15.2 Å². The molecule has 1 aliphatic heterocycles. The Balaban J connectivity index is 1.25. The molecule has 176 valence electrons. The molecule has 2 heterocycles. The van der Waals surface area contributed by atoms with Crippen molar-refractivity contribution in [1.29, 1.82) is 0 Å². The monoisotopic (exact) mass is 459 g/mol. The second-order valence-corrected chi connectivity index (χ2v) is 8.21. The van der Waals surface area contributed by atoms with Gasteiger partial charge in [-0.15, -0.1) is 0 Å². The maximum atomic E-state index is 12.6. The third-order valence-corrected chi connectivity index (χ3v) is 5.79. The van der Waals surface area contributed by atoms with E-state index >= 15 is 0 Å². The first-order chi connectivity index (χ1) is 16.5. The standard InChI is InChI=1S/C26H29N5O3/c1-19-6-8-21(9-7-19)25(32)29-22-10-11-24(27-18-22)30-12-14-31(15-13-30)26(33)28-17-20-4-3-5-23(16-20)34-2/h3-11,16,18H,12-15,17H2,1-2H3,(H,28,33)(H,29,32). The van der Waals surface area contributed by atoms with Gasteiger partial charge in [-0.3, -0.25) is 4.79 Å². The molecule has 1 aliphatic rings. The first-order valence-corrected chi connectivity index (χ1v) is 11.3. The molecule has 8 nitrogen and oxygen atoms in total. The minimum atomic E-state index is -0.164. The SMILES string of the molecule is COc1cccc(CNC(=O)N2CCN(c3ccc(NC(=O)c4ccc(C)cc4)cn3)CC2)c1. The van der Waals surface area contributed by atoms with Gasteiger partial charge in [-0.2, -0.15) is 0 Å². The Morgan fingerprint density at radius 1 is 1.00 bits per heavy atom. The van der Waals surface area contributed by atoms with Gasteiger partial charge < -0.3 is 25.2 Å². The van der Waals surface area contributed by atoms with Crippen LogP contribution >= 0.6 is 0 Å². The van der Waals surface area contributed by atoms with E-state index in [1.54, 1.807) is 25.4 Å². The molecule has 0 unspecified atom stereocenters. The van der Waals surface area contributed by atoms with Gasteiger partial charge >= 0.3 is 6.03 Å². The summed E-state index contributed by atoms with van der Waals surface area (Å²) in [7, 11) is 1.63. The van der Waals surface area contributed by atoms with Crippen molar-refractivity contribution in [3.63, 3.8) is 0 Å². The van der Waals surface area contributed by atoms with Crippen molar-refractivity contribution in [2.24, 2.45) is 0 Å². The van der Waals surface area contributed by atoms with Crippen LogP contribution in [0, 0.1) is 6.92 Å². The lowest BCUT2D eigenvalue weighted by molar-refractivity contribution is 0.102. The number of carbonyl (C=O) groups is 2. The number of benzene rings is 2. The second kappa shape index (κ2) is 10.7. The third kappa shape index (κ3) is 5.83. The fourth-order valence-corrected chi connectivity index (χ4v) is 3.77. The number of nitrogens with zero attached hydrogens (tertiary/aromatic N) is 3. The van der Waals surface area contributed by atoms with Gasteiger partial charge in [0.2, 0.25) is 0 Å². The van der Waals surface area contributed by atoms with E-state index in [1.807, 2.05) is 60.4 Å². The van der Waals surface area contributed by atoms with Crippen molar-refractivity contribution in [3.8, 4) is 5.75 Å². The summed E-state index contributed by atoms with van der Waals surface area (Å²) in [4.78, 5) is 33.4. The molecule has 4 rings (SSSR count). The van der Waals surface area contributed by atoms with E-state index in [4.69, 9.17) is 4.74 Å². The first kappa shape index (κ1) is 23.1. The number of amides is 3. The van der Waals surface area contributed by atoms with Crippen LogP contribution in [-0.2, 0) is 6.54 Å². The summed E-state index contributed by atoms with van der Waals surface area (Å²) < 4.78 is 5.23. The molecule has 34 heavy (non-hydrogen) atoms. The maximum Gasteiger partial charge on any atom is 0.317 e. The number of aryl methyl sites for hydroxylation is 1. The van der Waals surface area contributed by atoms with E-state index in [9.17, 15) is 9.59 Å². The molecule has 1 fully saturated rings. The van der Waals surface area contributed by atoms with Crippen molar-refractivity contribution < 1.29 is 14.3 Å². The number of rotatable bonds is 6. The molecule has 1 saturated heterocycles. The summed E-state index contributed by atoms with van der Waals surface area (Å²) in [5.41, 5.74) is 3.35. The largest absolute Gasteiger partial charge is 0.497 e. The number of anilines is 2. The summed E-state index contributed by atoms with van der Waals surface area (Å²) >= 11 is 0. The molecule has 1 aromatic heterocycles. The molecule has 0 atom stereocenters. The van der Waals surface area contributed by atoms with Crippen LogP contribution in [0.2, 0.25) is 0 Å². The lowest BCUT2D eigenvalue weighted by Crippen LogP contribution is -2.51. The smallest absolute Gasteiger partial charge is 0.317 e. The molecular weight excluding hydrogens is 430 g/mol. The average molecular weight is 460 g/mol. The number of nitrogens with one attached hydrogen (secondary N) is 2. The Kier molecular flexibility index (Phi) is 7.27. The number of pyridine rings is 1. The Bertz CT molecular complexity index is 1120. The zero-order chi connectivity index (χ0) is 23.9. The predicted molar refractivity (Wildman–Crippen MR) is 132 cm³/mol. The lowest BCUT2D eigenvalue weighted by Gasteiger charge is -2.35. The number of piperazine rings is 1. The van der Waals surface area contributed by atoms with E-state index < -0.39 is 0 Å². The minimum absolute atomic E-state index is 0.0791. The third-order valence-electron chi connectivity index (χ3n) is 5.79. The van der Waals surface area contributed by atoms with E-state index in [1.165, 1.54) is 0 Å². The molecule has 3 aromatic rings. The van der Waals surface area contributed by atoms with Crippen molar-refractivity contribution in [2.75, 3.05) is 43.5 Å². The fraction of sp³-hybridized carbons (Fsp3) is 0.269. The highest BCUT2D eigenvalue weighted by Gasteiger charge is 2.21. The van der Waals surface area contributed by atoms with Crippen LogP contribution in [0.25, 0.3) is 0 Å². The normalized spacial score (nSPS) is 13.4. The Morgan fingerprint density at radius 2 is 1.76 bits per heavy atom. The van der Waals surface area contributed by atoms with E-state index in [-0.39, 0.29) is 11.9 Å². The summed E-state index contributed by atoms with van der Waals surface area (Å²) in [6.45, 7) is 5.03. The molecule has 2 aromatic carbocycles. The van der Waals surface area contributed by atoms with Gasteiger partial charge in [0.25, 0.3) is 5.91 Å². The van der Waals surface area contributed by atoms with Crippen LogP contribution in [0.3, 0.4) is 0 Å². The quantitative estimate of drug-likeness (QED) is 0.587. The van der Waals surface area contributed by atoms with Gasteiger partial charge in [0.05, 0.1) is 19.0 Å². The highest BCUT2D eigenvalue weighted by Crippen LogP contribution is 2.17. The average Bonchev–Trinajstić information content (AvgIpc) is 2.88. The number of hydrogen-bond acceptors (Lipinski definition) is 5. The zero-order valence-electron chi connectivity index (χ0n) is 19.5. The maximum absolute atomic E-state index is 12.6. The summed E-state index contributed by atoms with van der Waals surface area (Å²) in [6.07, 6.45) is 1.66. The summed E-state index contributed by atoms with van der Waals surface area (Å²) in [5, 5.41) is 5.85. The number of ether oxygens (including phenoxy) is 1. The molecule has 2 N–H and O–H groups in total. The lowest BCUT2D eigenvalue weighted by atomic mass is 10.1. The second-order valence-electron chi connectivity index (χ2n) is 8.21. The van der Waals surface area contributed by atoms with Crippen LogP contribution < -0.4 is 20.3 Å². The van der Waals surface area contributed by atoms with Crippen molar-refractivity contribution >= 4 is 23.4 Å². The van der Waals surface area contributed by atoms with Gasteiger partial charge in [0.1, 0.15) is 11.6 Å². The van der Waals surface area contributed by atoms with Crippen molar-refractivity contribution in [3.05, 3.63) is 83.6 Å². The number of carbonyl (C=O) groups excluding carboxylic acids is 2. The van der Waals surface area contributed by atoms with E-state index in [2.05, 4.69) is 20.5 Å². The van der Waals surface area contributed by atoms with E-state index in [0.717, 1.165) is 22.7 Å². The van der Waals surface area contributed by atoms with Crippen LogP contribution in [0.5, 0.6) is 5.75 Å². The molecule has 0 radical (unpaired) electrons. The Morgan fingerprint density at radius 3 is 2.44 bits per heavy atom. The van der Waals surface area contributed by atoms with Gasteiger partial charge in [-0.25, -0.2) is 9.78 Å². The molecule has 0 bridgehead atoms. The summed E-state index contributed by atoms with van der Waals surface area (Å²) in [5.74, 6) is 1.43. The van der Waals surface area contributed by atoms with Crippen LogP contribution in [0.15, 0.2) is 66.9 Å². The van der Waals surface area contributed by atoms with Gasteiger partial charge in [-0.1, -0.05) is 29.8 Å². The van der Waals surface area contributed by atoms with Crippen LogP contribution in [0.1, 0.15) is 21.5 Å². The minimum Gasteiger partial charge on any atom is -0.497 e. The fourth-order valence-electron chi connectivity index (χ4n) is 3.77. The first-order valence-electron chi connectivity index (χ1n) is 11.3. The predicted octanol–water partition coefficient (Wildman–Crippen LogP) is 3.68. The number of aromatic nitrogens is 1. The van der Waals surface area contributed by atoms with Crippen LogP contribution in [0.4, 0.5) is 16.3 Å². The highest BCUT2D eigenvalue weighted by atomic mass is 16.5. The van der Waals surface area contributed by atoms with Crippen molar-refractivity contribution in [2.45, 2.75) is 13.5 Å². The number of methoxy groups -OCH3 is 1. The van der Waals surface area contributed by atoms with Crippen LogP contribution in [-0.4, -0.2) is 55.1 Å². The zero-order valence-corrected chi connectivity index (χ0v) is 19.5. The molecule has 0 aliphatic carbocycles. The summed E-state index contributed by atoms with van der Waals surface area (Å²) in [6, 6.07) is 18.8.